The van der Waals surface area contributed by atoms with Crippen LogP contribution < -0.4 is 0 Å². The van der Waals surface area contributed by atoms with Gasteiger partial charge in [-0.2, -0.15) is 0 Å². The van der Waals surface area contributed by atoms with Crippen molar-refractivity contribution in [1.29, 1.82) is 0 Å². The van der Waals surface area contributed by atoms with Crippen LogP contribution in [0, 0.1) is 0 Å². The Balaban J connectivity index is 2.21. The minimum absolute atomic E-state index is 0.105. The molecule has 4 rings (SSSR count). The molecule has 21 heavy (non-hydrogen) atoms. The average molecular weight is 277 g/mol. The number of esters is 1. The van der Waals surface area contributed by atoms with Crippen molar-refractivity contribution in [3.8, 4) is 11.3 Å². The highest BCUT2D eigenvalue weighted by molar-refractivity contribution is 6.21. The van der Waals surface area contributed by atoms with Crippen LogP contribution >= 0.6 is 0 Å². The fourth-order valence-corrected chi connectivity index (χ4v) is 3.01. The monoisotopic (exact) mass is 277 g/mol. The highest BCUT2D eigenvalue weighted by Crippen LogP contribution is 2.41. The van der Waals surface area contributed by atoms with Gasteiger partial charge in [0.25, 0.3) is 5.91 Å². The second-order valence-corrected chi connectivity index (χ2v) is 4.92. The molecule has 1 aliphatic rings. The Morgan fingerprint density at radius 3 is 2.43 bits per heavy atom. The molecule has 0 fully saturated rings. The van der Waals surface area contributed by atoms with Gasteiger partial charge in [0, 0.05) is 16.5 Å². The Labute approximate surface area is 120 Å². The summed E-state index contributed by atoms with van der Waals surface area (Å²) in [5.74, 6) is -0.531. The summed E-state index contributed by atoms with van der Waals surface area (Å²) >= 11 is 0. The van der Waals surface area contributed by atoms with Crippen molar-refractivity contribution in [3.05, 3.63) is 59.7 Å². The summed E-state index contributed by atoms with van der Waals surface area (Å²) in [4.78, 5) is 24.9. The van der Waals surface area contributed by atoms with E-state index in [0.717, 1.165) is 16.5 Å². The van der Waals surface area contributed by atoms with Crippen LogP contribution in [0.5, 0.6) is 0 Å². The predicted octanol–water partition coefficient (Wildman–Crippen LogP) is 3.10. The molecule has 2 heterocycles. The van der Waals surface area contributed by atoms with Crippen molar-refractivity contribution in [2.75, 3.05) is 7.11 Å². The molecule has 1 aromatic heterocycles. The number of carbonyl (C=O) groups is 2. The summed E-state index contributed by atoms with van der Waals surface area (Å²) in [6.45, 7) is 0. The number of nitrogens with zero attached hydrogens (tertiary/aromatic N) is 1. The maximum Gasteiger partial charge on any atom is 0.340 e. The van der Waals surface area contributed by atoms with Gasteiger partial charge >= 0.3 is 5.97 Å². The van der Waals surface area contributed by atoms with Crippen LogP contribution in [-0.4, -0.2) is 23.6 Å². The maximum atomic E-state index is 12.6. The van der Waals surface area contributed by atoms with E-state index in [1.807, 2.05) is 42.5 Å². The fourth-order valence-electron chi connectivity index (χ4n) is 3.01. The summed E-state index contributed by atoms with van der Waals surface area (Å²) in [5.41, 5.74) is 3.20. The molecule has 0 radical (unpaired) electrons. The Bertz CT molecular complexity index is 921. The molecule has 0 aliphatic carbocycles. The molecular weight excluding hydrogens is 266 g/mol. The number of methoxy groups -OCH3 is 1. The third-order valence-electron chi connectivity index (χ3n) is 3.88. The quantitative estimate of drug-likeness (QED) is 0.502. The number of para-hydroxylation sites is 1. The molecule has 0 saturated carbocycles. The van der Waals surface area contributed by atoms with E-state index in [1.165, 1.54) is 7.11 Å². The second kappa shape index (κ2) is 4.06. The molecule has 4 nitrogen and oxygen atoms in total. The summed E-state index contributed by atoms with van der Waals surface area (Å²) in [5, 5.41) is 0.738. The Morgan fingerprint density at radius 1 is 1.00 bits per heavy atom. The largest absolute Gasteiger partial charge is 0.465 e. The highest BCUT2D eigenvalue weighted by Gasteiger charge is 2.34. The zero-order chi connectivity index (χ0) is 14.6. The van der Waals surface area contributed by atoms with Crippen LogP contribution in [0.3, 0.4) is 0 Å². The van der Waals surface area contributed by atoms with E-state index in [9.17, 15) is 9.59 Å². The summed E-state index contributed by atoms with van der Waals surface area (Å²) < 4.78 is 6.52. The highest BCUT2D eigenvalue weighted by atomic mass is 16.5. The minimum Gasteiger partial charge on any atom is -0.465 e. The van der Waals surface area contributed by atoms with Gasteiger partial charge in [-0.15, -0.1) is 0 Å². The van der Waals surface area contributed by atoms with Crippen molar-refractivity contribution >= 4 is 22.8 Å². The molecule has 3 aromatic rings. The lowest BCUT2D eigenvalue weighted by Crippen LogP contribution is -2.05. The second-order valence-electron chi connectivity index (χ2n) is 4.92. The molecule has 102 valence electrons. The van der Waals surface area contributed by atoms with Gasteiger partial charge in [0.05, 0.1) is 23.9 Å². The summed E-state index contributed by atoms with van der Waals surface area (Å²) in [7, 11) is 1.35. The van der Waals surface area contributed by atoms with Gasteiger partial charge in [-0.1, -0.05) is 36.4 Å². The van der Waals surface area contributed by atoms with Crippen molar-refractivity contribution < 1.29 is 14.3 Å². The zero-order valence-corrected chi connectivity index (χ0v) is 11.3. The number of fused-ring (bicyclic) bond motifs is 5. The first-order chi connectivity index (χ1) is 10.2. The number of rotatable bonds is 1. The Kier molecular flexibility index (Phi) is 2.30. The zero-order valence-electron chi connectivity index (χ0n) is 11.3. The molecule has 0 saturated heterocycles. The van der Waals surface area contributed by atoms with Crippen molar-refractivity contribution in [1.82, 2.24) is 4.57 Å². The number of hydrogen-bond acceptors (Lipinski definition) is 3. The Morgan fingerprint density at radius 2 is 1.67 bits per heavy atom. The summed E-state index contributed by atoms with van der Waals surface area (Å²) in [6.07, 6.45) is 0. The molecule has 0 N–H and O–H groups in total. The molecule has 2 aromatic carbocycles. The standard InChI is InChI=1S/C17H11NO3/c1-21-17(20)14-12-8-4-5-9-13(12)18-15(14)10-6-2-3-7-11(10)16(18)19/h2-9H,1H3. The van der Waals surface area contributed by atoms with Gasteiger partial charge in [0.1, 0.15) is 0 Å². The van der Waals surface area contributed by atoms with E-state index in [-0.39, 0.29) is 5.91 Å². The topological polar surface area (TPSA) is 48.3 Å². The molecule has 4 heteroatoms. The summed E-state index contributed by atoms with van der Waals surface area (Å²) in [6, 6.07) is 14.7. The van der Waals surface area contributed by atoms with E-state index in [4.69, 9.17) is 4.74 Å². The molecule has 0 atom stereocenters. The first-order valence-electron chi connectivity index (χ1n) is 6.60. The van der Waals surface area contributed by atoms with E-state index in [1.54, 1.807) is 10.6 Å². The normalized spacial score (nSPS) is 12.3. The van der Waals surface area contributed by atoms with Gasteiger partial charge in [0.2, 0.25) is 0 Å². The fraction of sp³-hybridized carbons (Fsp3) is 0.0588. The number of benzene rings is 2. The van der Waals surface area contributed by atoms with Crippen molar-refractivity contribution in [2.45, 2.75) is 0 Å². The Hall–Kier alpha value is -2.88. The predicted molar refractivity (Wildman–Crippen MR) is 78.4 cm³/mol. The molecule has 0 bridgehead atoms. The lowest BCUT2D eigenvalue weighted by molar-refractivity contribution is 0.0604. The van der Waals surface area contributed by atoms with Crippen molar-refractivity contribution in [2.24, 2.45) is 0 Å². The van der Waals surface area contributed by atoms with Crippen LogP contribution in [0.2, 0.25) is 0 Å². The van der Waals surface area contributed by atoms with Gasteiger partial charge in [-0.3, -0.25) is 9.36 Å². The molecular formula is C17H11NO3. The number of ether oxygens (including phenoxy) is 1. The number of hydrogen-bond donors (Lipinski definition) is 0. The van der Waals surface area contributed by atoms with E-state index < -0.39 is 5.97 Å². The van der Waals surface area contributed by atoms with Gasteiger partial charge in [-0.25, -0.2) is 4.79 Å². The molecule has 1 aliphatic heterocycles. The van der Waals surface area contributed by atoms with Gasteiger partial charge in [0.15, 0.2) is 0 Å². The lowest BCUT2D eigenvalue weighted by Gasteiger charge is -2.02. The molecule has 0 unspecified atom stereocenters. The number of aromatic nitrogens is 1. The van der Waals surface area contributed by atoms with E-state index >= 15 is 0 Å². The maximum absolute atomic E-state index is 12.6. The molecule has 0 amide bonds. The average Bonchev–Trinajstić information content (AvgIpc) is 3.01. The first-order valence-corrected chi connectivity index (χ1v) is 6.60. The minimum atomic E-state index is -0.426. The van der Waals surface area contributed by atoms with Crippen LogP contribution in [0.15, 0.2) is 48.5 Å². The van der Waals surface area contributed by atoms with Crippen LogP contribution in [0.25, 0.3) is 22.2 Å². The van der Waals surface area contributed by atoms with E-state index in [0.29, 0.717) is 16.8 Å². The van der Waals surface area contributed by atoms with Crippen LogP contribution in [0.4, 0.5) is 0 Å². The number of carbonyl (C=O) groups excluding carboxylic acids is 2. The van der Waals surface area contributed by atoms with Gasteiger partial charge in [-0.05, 0) is 12.1 Å². The van der Waals surface area contributed by atoms with Crippen molar-refractivity contribution in [3.63, 3.8) is 0 Å². The first kappa shape index (κ1) is 11.9. The third kappa shape index (κ3) is 1.39. The third-order valence-corrected chi connectivity index (χ3v) is 3.88. The van der Waals surface area contributed by atoms with Crippen LogP contribution in [-0.2, 0) is 4.74 Å². The van der Waals surface area contributed by atoms with Crippen LogP contribution in [0.1, 0.15) is 20.7 Å². The van der Waals surface area contributed by atoms with E-state index in [2.05, 4.69) is 0 Å². The SMILES string of the molecule is COC(=O)c1c2n(c3ccccc13)C(=O)c1ccccc1-2. The lowest BCUT2D eigenvalue weighted by atomic mass is 10.0. The van der Waals surface area contributed by atoms with Gasteiger partial charge < -0.3 is 4.74 Å². The smallest absolute Gasteiger partial charge is 0.340 e. The molecule has 0 spiro atoms.